The van der Waals surface area contributed by atoms with Gasteiger partial charge in [-0.1, -0.05) is 55.5 Å². The number of amides is 1. The standard InChI is InChI=1S/C24H30N4O/c1-2-14-28-22-11-7-6-10-21(22)23(26-28)24(29)25-17-19-12-15-27(16-13-19)18-20-8-4-3-5-9-20/h3-11,19H,2,12-18H2,1H3,(H,25,29). The van der Waals surface area contributed by atoms with Crippen LogP contribution >= 0.6 is 0 Å². The van der Waals surface area contributed by atoms with Crippen LogP contribution in [0.25, 0.3) is 10.9 Å². The highest BCUT2D eigenvalue weighted by Crippen LogP contribution is 2.21. The smallest absolute Gasteiger partial charge is 0.272 e. The Hall–Kier alpha value is -2.66. The van der Waals surface area contributed by atoms with E-state index in [1.54, 1.807) is 0 Å². The minimum Gasteiger partial charge on any atom is -0.350 e. The predicted octanol–water partition coefficient (Wildman–Crippen LogP) is 4.09. The molecule has 0 aliphatic carbocycles. The molecule has 3 aromatic rings. The van der Waals surface area contributed by atoms with E-state index in [9.17, 15) is 4.79 Å². The summed E-state index contributed by atoms with van der Waals surface area (Å²) in [5.74, 6) is 0.484. The van der Waals surface area contributed by atoms with Crippen molar-refractivity contribution < 1.29 is 4.79 Å². The molecule has 152 valence electrons. The van der Waals surface area contributed by atoms with Gasteiger partial charge in [-0.25, -0.2) is 0 Å². The molecule has 1 amide bonds. The maximum Gasteiger partial charge on any atom is 0.272 e. The van der Waals surface area contributed by atoms with Crippen LogP contribution in [0, 0.1) is 5.92 Å². The van der Waals surface area contributed by atoms with Gasteiger partial charge in [0.25, 0.3) is 5.91 Å². The molecular weight excluding hydrogens is 360 g/mol. The zero-order valence-electron chi connectivity index (χ0n) is 17.2. The average Bonchev–Trinajstić information content (AvgIpc) is 3.13. The minimum atomic E-state index is -0.0530. The van der Waals surface area contributed by atoms with E-state index in [-0.39, 0.29) is 5.91 Å². The highest BCUT2D eigenvalue weighted by atomic mass is 16.1. The van der Waals surface area contributed by atoms with E-state index in [2.05, 4.69) is 52.6 Å². The first kappa shape index (κ1) is 19.6. The number of piperidine rings is 1. The van der Waals surface area contributed by atoms with Gasteiger partial charge in [0.15, 0.2) is 5.69 Å². The lowest BCUT2D eigenvalue weighted by Gasteiger charge is -2.32. The molecule has 2 heterocycles. The minimum absolute atomic E-state index is 0.0530. The highest BCUT2D eigenvalue weighted by molar-refractivity contribution is 6.04. The fourth-order valence-corrected chi connectivity index (χ4v) is 4.19. The summed E-state index contributed by atoms with van der Waals surface area (Å²) in [7, 11) is 0. The van der Waals surface area contributed by atoms with Crippen LogP contribution in [-0.4, -0.2) is 40.2 Å². The molecule has 0 unspecified atom stereocenters. The van der Waals surface area contributed by atoms with Crippen LogP contribution < -0.4 is 5.32 Å². The van der Waals surface area contributed by atoms with Gasteiger partial charge in [0.05, 0.1) is 5.52 Å². The molecule has 1 aliphatic rings. The van der Waals surface area contributed by atoms with Crippen molar-refractivity contribution in [3.8, 4) is 0 Å². The number of carbonyl (C=O) groups excluding carboxylic acids is 1. The maximum absolute atomic E-state index is 12.8. The van der Waals surface area contributed by atoms with Crippen molar-refractivity contribution in [3.63, 3.8) is 0 Å². The topological polar surface area (TPSA) is 50.2 Å². The molecule has 1 N–H and O–H groups in total. The third kappa shape index (κ3) is 4.67. The van der Waals surface area contributed by atoms with Crippen molar-refractivity contribution in [2.75, 3.05) is 19.6 Å². The fourth-order valence-electron chi connectivity index (χ4n) is 4.19. The van der Waals surface area contributed by atoms with Gasteiger partial charge < -0.3 is 5.32 Å². The quantitative estimate of drug-likeness (QED) is 0.661. The molecule has 5 heteroatoms. The molecule has 0 radical (unpaired) electrons. The van der Waals surface area contributed by atoms with Crippen LogP contribution in [0.3, 0.4) is 0 Å². The van der Waals surface area contributed by atoms with E-state index in [1.807, 2.05) is 28.9 Å². The Morgan fingerprint density at radius 3 is 2.55 bits per heavy atom. The van der Waals surface area contributed by atoms with E-state index in [4.69, 9.17) is 0 Å². The zero-order chi connectivity index (χ0) is 20.1. The van der Waals surface area contributed by atoms with Gasteiger partial charge >= 0.3 is 0 Å². The molecule has 5 nitrogen and oxygen atoms in total. The molecule has 1 fully saturated rings. The van der Waals surface area contributed by atoms with Crippen molar-refractivity contribution in [2.45, 2.75) is 39.3 Å². The summed E-state index contributed by atoms with van der Waals surface area (Å²) >= 11 is 0. The van der Waals surface area contributed by atoms with Gasteiger partial charge in [0.2, 0.25) is 0 Å². The number of para-hydroxylation sites is 1. The lowest BCUT2D eigenvalue weighted by atomic mass is 9.96. The number of carbonyl (C=O) groups is 1. The molecular formula is C24H30N4O. The number of nitrogens with one attached hydrogen (secondary N) is 1. The van der Waals surface area contributed by atoms with Gasteiger partial charge in [-0.3, -0.25) is 14.4 Å². The Bertz CT molecular complexity index is 942. The van der Waals surface area contributed by atoms with Crippen molar-refractivity contribution in [1.29, 1.82) is 0 Å². The van der Waals surface area contributed by atoms with Gasteiger partial charge in [0.1, 0.15) is 0 Å². The summed E-state index contributed by atoms with van der Waals surface area (Å²) in [6, 6.07) is 18.6. The predicted molar refractivity (Wildman–Crippen MR) is 117 cm³/mol. The number of likely N-dealkylation sites (tertiary alicyclic amines) is 1. The Labute approximate surface area is 172 Å². The zero-order valence-corrected chi connectivity index (χ0v) is 17.2. The van der Waals surface area contributed by atoms with Crippen LogP contribution in [0.15, 0.2) is 54.6 Å². The van der Waals surface area contributed by atoms with Crippen LogP contribution in [0.4, 0.5) is 0 Å². The van der Waals surface area contributed by atoms with E-state index in [0.717, 1.165) is 62.9 Å². The molecule has 0 spiro atoms. The molecule has 4 rings (SSSR count). The number of aryl methyl sites for hydroxylation is 1. The summed E-state index contributed by atoms with van der Waals surface area (Å²) in [6.07, 6.45) is 3.24. The largest absolute Gasteiger partial charge is 0.350 e. The fraction of sp³-hybridized carbons (Fsp3) is 0.417. The second-order valence-corrected chi connectivity index (χ2v) is 8.00. The monoisotopic (exact) mass is 390 g/mol. The number of hydrogen-bond donors (Lipinski definition) is 1. The Morgan fingerprint density at radius 2 is 1.79 bits per heavy atom. The van der Waals surface area contributed by atoms with Crippen LogP contribution in [0.1, 0.15) is 42.2 Å². The van der Waals surface area contributed by atoms with Gasteiger partial charge in [0, 0.05) is 25.0 Å². The third-order valence-corrected chi connectivity index (χ3v) is 5.82. The van der Waals surface area contributed by atoms with Crippen molar-refractivity contribution in [2.24, 2.45) is 5.92 Å². The molecule has 0 atom stereocenters. The van der Waals surface area contributed by atoms with E-state index in [0.29, 0.717) is 11.6 Å². The first-order valence-electron chi connectivity index (χ1n) is 10.7. The van der Waals surface area contributed by atoms with E-state index >= 15 is 0 Å². The first-order valence-corrected chi connectivity index (χ1v) is 10.7. The second-order valence-electron chi connectivity index (χ2n) is 8.00. The highest BCUT2D eigenvalue weighted by Gasteiger charge is 2.22. The van der Waals surface area contributed by atoms with Gasteiger partial charge in [-0.05, 0) is 49.9 Å². The lowest BCUT2D eigenvalue weighted by Crippen LogP contribution is -2.38. The van der Waals surface area contributed by atoms with Gasteiger partial charge in [-0.2, -0.15) is 5.10 Å². The summed E-state index contributed by atoms with van der Waals surface area (Å²) in [4.78, 5) is 15.3. The molecule has 1 aliphatic heterocycles. The Morgan fingerprint density at radius 1 is 1.07 bits per heavy atom. The normalized spacial score (nSPS) is 15.6. The summed E-state index contributed by atoms with van der Waals surface area (Å²) < 4.78 is 1.95. The Kier molecular flexibility index (Phi) is 6.25. The number of hydrogen-bond acceptors (Lipinski definition) is 3. The maximum atomic E-state index is 12.8. The summed E-state index contributed by atoms with van der Waals surface area (Å²) in [5, 5.41) is 8.69. The number of rotatable bonds is 7. The molecule has 2 aromatic carbocycles. The SMILES string of the molecule is CCCn1nc(C(=O)NCC2CCN(Cc3ccccc3)CC2)c2ccccc21. The molecule has 1 saturated heterocycles. The van der Waals surface area contributed by atoms with E-state index in [1.165, 1.54) is 5.56 Å². The third-order valence-electron chi connectivity index (χ3n) is 5.82. The number of aromatic nitrogens is 2. The summed E-state index contributed by atoms with van der Waals surface area (Å²) in [5.41, 5.74) is 2.96. The average molecular weight is 391 g/mol. The first-order chi connectivity index (χ1) is 14.2. The molecule has 1 aromatic heterocycles. The van der Waals surface area contributed by atoms with Crippen LogP contribution in [0.5, 0.6) is 0 Å². The number of benzene rings is 2. The molecule has 0 bridgehead atoms. The van der Waals surface area contributed by atoms with Crippen LogP contribution in [0.2, 0.25) is 0 Å². The number of fused-ring (bicyclic) bond motifs is 1. The molecule has 29 heavy (non-hydrogen) atoms. The van der Waals surface area contributed by atoms with E-state index < -0.39 is 0 Å². The van der Waals surface area contributed by atoms with Crippen molar-refractivity contribution in [1.82, 2.24) is 20.0 Å². The van der Waals surface area contributed by atoms with Gasteiger partial charge in [-0.15, -0.1) is 0 Å². The Balaban J connectivity index is 1.31. The van der Waals surface area contributed by atoms with Crippen molar-refractivity contribution >= 4 is 16.8 Å². The van der Waals surface area contributed by atoms with Crippen molar-refractivity contribution in [3.05, 3.63) is 65.9 Å². The summed E-state index contributed by atoms with van der Waals surface area (Å²) in [6.45, 7) is 6.87. The number of nitrogens with zero attached hydrogens (tertiary/aromatic N) is 3. The lowest BCUT2D eigenvalue weighted by molar-refractivity contribution is 0.0931. The molecule has 0 saturated carbocycles. The van der Waals surface area contributed by atoms with Crippen LogP contribution in [-0.2, 0) is 13.1 Å². The second kappa shape index (κ2) is 9.23.